The second-order valence-corrected chi connectivity index (χ2v) is 8.51. The zero-order valence-electron chi connectivity index (χ0n) is 13.3. The lowest BCUT2D eigenvalue weighted by Gasteiger charge is -2.54. The van der Waals surface area contributed by atoms with E-state index < -0.39 is 0 Å². The van der Waals surface area contributed by atoms with Crippen molar-refractivity contribution in [1.82, 2.24) is 5.32 Å². The predicted octanol–water partition coefficient (Wildman–Crippen LogP) is 2.58. The van der Waals surface area contributed by atoms with Crippen LogP contribution in [0, 0.1) is 23.7 Å². The first-order chi connectivity index (χ1) is 9.40. The van der Waals surface area contributed by atoms with Crippen LogP contribution in [0.15, 0.2) is 0 Å². The van der Waals surface area contributed by atoms with Crippen molar-refractivity contribution in [2.75, 3.05) is 13.2 Å². The van der Waals surface area contributed by atoms with Crippen LogP contribution in [0.25, 0.3) is 0 Å². The molecule has 2 N–H and O–H groups in total. The maximum Gasteiger partial charge on any atom is 0.0898 e. The summed E-state index contributed by atoms with van der Waals surface area (Å²) in [6, 6.07) is 0. The third kappa shape index (κ3) is 3.37. The molecule has 0 aliphatic heterocycles. The number of ether oxygens (including phenoxy) is 1. The van der Waals surface area contributed by atoms with E-state index in [2.05, 4.69) is 26.1 Å². The summed E-state index contributed by atoms with van der Waals surface area (Å²) in [4.78, 5) is 0. The van der Waals surface area contributed by atoms with Crippen molar-refractivity contribution in [2.24, 2.45) is 23.7 Å². The third-order valence-corrected chi connectivity index (χ3v) is 5.49. The van der Waals surface area contributed by atoms with Crippen LogP contribution in [-0.2, 0) is 4.74 Å². The van der Waals surface area contributed by atoms with Crippen molar-refractivity contribution in [3.05, 3.63) is 0 Å². The lowest BCUT2D eigenvalue weighted by Crippen LogP contribution is -2.50. The van der Waals surface area contributed by atoms with Crippen molar-refractivity contribution in [3.8, 4) is 0 Å². The molecule has 4 fully saturated rings. The summed E-state index contributed by atoms with van der Waals surface area (Å²) in [7, 11) is 0. The Morgan fingerprint density at radius 3 is 2.10 bits per heavy atom. The minimum absolute atomic E-state index is 0.0591. The fraction of sp³-hybridized carbons (Fsp3) is 1.00. The van der Waals surface area contributed by atoms with E-state index in [4.69, 9.17) is 4.74 Å². The molecule has 4 rings (SSSR count). The van der Waals surface area contributed by atoms with Crippen LogP contribution >= 0.6 is 0 Å². The van der Waals surface area contributed by atoms with E-state index in [-0.39, 0.29) is 11.6 Å². The number of β-amino-alcohol motifs (C(OH)–C–C–N with tert-alkyl or cyclic N) is 1. The number of hydrogen-bond donors (Lipinski definition) is 2. The average molecular weight is 281 g/mol. The number of rotatable bonds is 5. The lowest BCUT2D eigenvalue weighted by atomic mass is 9.55. The minimum atomic E-state index is -0.383. The zero-order chi connectivity index (χ0) is 14.3. The molecule has 0 saturated heterocycles. The Morgan fingerprint density at radius 1 is 1.05 bits per heavy atom. The summed E-state index contributed by atoms with van der Waals surface area (Å²) in [5.74, 6) is 3.55. The molecule has 116 valence electrons. The quantitative estimate of drug-likeness (QED) is 0.814. The second kappa shape index (κ2) is 5.58. The van der Waals surface area contributed by atoms with Crippen LogP contribution in [0.1, 0.15) is 52.9 Å². The van der Waals surface area contributed by atoms with Gasteiger partial charge < -0.3 is 15.2 Å². The SMILES string of the molecule is CC(C)(C)NC[C@@H](O)COC1C2CC3CC(C2)CC1C3. The summed E-state index contributed by atoms with van der Waals surface area (Å²) >= 11 is 0. The average Bonchev–Trinajstić information content (AvgIpc) is 2.34. The van der Waals surface area contributed by atoms with Gasteiger partial charge in [0.05, 0.1) is 18.8 Å². The Morgan fingerprint density at radius 2 is 1.60 bits per heavy atom. The molecule has 4 bridgehead atoms. The maximum atomic E-state index is 10.1. The first kappa shape index (κ1) is 14.8. The van der Waals surface area contributed by atoms with E-state index in [9.17, 15) is 5.11 Å². The van der Waals surface area contributed by atoms with E-state index in [1.807, 2.05) is 0 Å². The van der Waals surface area contributed by atoms with Gasteiger partial charge in [0.1, 0.15) is 0 Å². The van der Waals surface area contributed by atoms with E-state index in [1.54, 1.807) is 0 Å². The van der Waals surface area contributed by atoms with Gasteiger partial charge in [-0.1, -0.05) is 0 Å². The monoisotopic (exact) mass is 281 g/mol. The smallest absolute Gasteiger partial charge is 0.0898 e. The normalized spacial score (nSPS) is 41.1. The van der Waals surface area contributed by atoms with Crippen LogP contribution in [0.5, 0.6) is 0 Å². The summed E-state index contributed by atoms with van der Waals surface area (Å²) in [6.45, 7) is 7.49. The highest BCUT2D eigenvalue weighted by molar-refractivity contribution is 4.99. The van der Waals surface area contributed by atoms with Gasteiger partial charge >= 0.3 is 0 Å². The molecule has 0 amide bonds. The van der Waals surface area contributed by atoms with Gasteiger partial charge in [-0.05, 0) is 76.5 Å². The van der Waals surface area contributed by atoms with E-state index >= 15 is 0 Å². The molecule has 0 heterocycles. The fourth-order valence-electron chi connectivity index (χ4n) is 4.85. The minimum Gasteiger partial charge on any atom is -0.389 e. The summed E-state index contributed by atoms with van der Waals surface area (Å²) in [6.07, 6.45) is 7.07. The number of hydrogen-bond acceptors (Lipinski definition) is 3. The topological polar surface area (TPSA) is 41.5 Å². The summed E-state index contributed by atoms with van der Waals surface area (Å²) in [5.41, 5.74) is 0.0591. The molecule has 4 aliphatic carbocycles. The summed E-state index contributed by atoms with van der Waals surface area (Å²) < 4.78 is 6.16. The van der Waals surface area contributed by atoms with Gasteiger partial charge in [0, 0.05) is 12.1 Å². The molecule has 0 aromatic heterocycles. The fourth-order valence-corrected chi connectivity index (χ4v) is 4.85. The molecule has 3 heteroatoms. The Kier molecular flexibility index (Phi) is 4.13. The molecule has 0 aromatic rings. The van der Waals surface area contributed by atoms with Crippen molar-refractivity contribution < 1.29 is 9.84 Å². The molecular weight excluding hydrogens is 250 g/mol. The number of aliphatic hydroxyl groups excluding tert-OH is 1. The highest BCUT2D eigenvalue weighted by Crippen LogP contribution is 2.54. The van der Waals surface area contributed by atoms with E-state index in [0.717, 1.165) is 23.7 Å². The first-order valence-electron chi connectivity index (χ1n) is 8.45. The Balaban J connectivity index is 1.44. The van der Waals surface area contributed by atoms with Gasteiger partial charge in [-0.25, -0.2) is 0 Å². The molecular formula is C17H31NO2. The van der Waals surface area contributed by atoms with Gasteiger partial charge in [-0.15, -0.1) is 0 Å². The maximum absolute atomic E-state index is 10.1. The van der Waals surface area contributed by atoms with Gasteiger partial charge in [0.25, 0.3) is 0 Å². The molecule has 3 nitrogen and oxygen atoms in total. The Labute approximate surface area is 123 Å². The van der Waals surface area contributed by atoms with Crippen molar-refractivity contribution in [2.45, 2.75) is 70.6 Å². The van der Waals surface area contributed by atoms with E-state index in [0.29, 0.717) is 19.3 Å². The van der Waals surface area contributed by atoms with Crippen LogP contribution in [0.4, 0.5) is 0 Å². The van der Waals surface area contributed by atoms with Gasteiger partial charge in [-0.2, -0.15) is 0 Å². The molecule has 4 saturated carbocycles. The molecule has 4 aliphatic rings. The molecule has 0 spiro atoms. The highest BCUT2D eigenvalue weighted by Gasteiger charge is 2.48. The van der Waals surface area contributed by atoms with Crippen molar-refractivity contribution in [3.63, 3.8) is 0 Å². The van der Waals surface area contributed by atoms with Crippen LogP contribution in [0.2, 0.25) is 0 Å². The van der Waals surface area contributed by atoms with Gasteiger partial charge in [0.2, 0.25) is 0 Å². The second-order valence-electron chi connectivity index (χ2n) is 8.51. The number of aliphatic hydroxyl groups is 1. The molecule has 20 heavy (non-hydrogen) atoms. The largest absolute Gasteiger partial charge is 0.389 e. The van der Waals surface area contributed by atoms with Crippen molar-refractivity contribution >= 4 is 0 Å². The molecule has 0 unspecified atom stereocenters. The van der Waals surface area contributed by atoms with Crippen LogP contribution < -0.4 is 5.32 Å². The molecule has 0 radical (unpaired) electrons. The molecule has 1 atom stereocenters. The Bertz CT molecular complexity index is 308. The first-order valence-corrected chi connectivity index (χ1v) is 8.45. The zero-order valence-corrected chi connectivity index (χ0v) is 13.3. The third-order valence-electron chi connectivity index (χ3n) is 5.49. The van der Waals surface area contributed by atoms with Crippen LogP contribution in [-0.4, -0.2) is 36.0 Å². The van der Waals surface area contributed by atoms with Gasteiger partial charge in [0.15, 0.2) is 0 Å². The number of nitrogens with one attached hydrogen (secondary N) is 1. The summed E-state index contributed by atoms with van der Waals surface area (Å²) in [5, 5.41) is 13.4. The standard InChI is InChI=1S/C17H31NO2/c1-17(2,3)18-9-15(19)10-20-16-13-5-11-4-12(7-13)8-14(16)6-11/h11-16,18-19H,4-10H2,1-3H3/t11?,12?,13?,14?,15-,16?/m1/s1. The van der Waals surface area contributed by atoms with E-state index in [1.165, 1.54) is 32.1 Å². The molecule has 0 aromatic carbocycles. The Hall–Kier alpha value is -0.120. The lowest BCUT2D eigenvalue weighted by molar-refractivity contribution is -0.139. The van der Waals surface area contributed by atoms with Crippen molar-refractivity contribution in [1.29, 1.82) is 0 Å². The highest BCUT2D eigenvalue weighted by atomic mass is 16.5. The predicted molar refractivity (Wildman–Crippen MR) is 80.5 cm³/mol. The van der Waals surface area contributed by atoms with Gasteiger partial charge in [-0.3, -0.25) is 0 Å². The van der Waals surface area contributed by atoms with Crippen LogP contribution in [0.3, 0.4) is 0 Å².